The molecule has 0 N–H and O–H groups in total. The Morgan fingerprint density at radius 1 is 0.526 bits per heavy atom. The summed E-state index contributed by atoms with van der Waals surface area (Å²) in [7, 11) is -3.04. The van der Waals surface area contributed by atoms with E-state index in [4.69, 9.17) is 9.97 Å². The largest absolute Gasteiger partial charge is 0.309 e. The van der Waals surface area contributed by atoms with Crippen LogP contribution >= 0.6 is 7.14 Å². The number of rotatable bonds is 4. The van der Waals surface area contributed by atoms with Crippen LogP contribution in [0.3, 0.4) is 0 Å². The third-order valence-corrected chi connectivity index (χ3v) is 10.2. The summed E-state index contributed by atoms with van der Waals surface area (Å²) in [4.78, 5) is 9.94. The van der Waals surface area contributed by atoms with Crippen molar-refractivity contribution in [1.82, 2.24) is 9.97 Å². The summed E-state index contributed by atoms with van der Waals surface area (Å²) >= 11 is 0. The van der Waals surface area contributed by atoms with Crippen LogP contribution in [0.5, 0.6) is 0 Å². The summed E-state index contributed by atoms with van der Waals surface area (Å²) in [6.07, 6.45) is 1.92. The normalized spacial score (nSPS) is 11.8. The molecule has 5 aromatic carbocycles. The fraction of sp³-hybridized carbons (Fsp3) is 0. The van der Waals surface area contributed by atoms with Gasteiger partial charge in [-0.25, -0.2) is 4.98 Å². The minimum Gasteiger partial charge on any atom is -0.309 e. The molecular formula is C34H23N2OP. The zero-order chi connectivity index (χ0) is 25.5. The van der Waals surface area contributed by atoms with Gasteiger partial charge in [-0.3, -0.25) is 4.98 Å². The number of pyridine rings is 2. The highest BCUT2D eigenvalue weighted by Gasteiger charge is 2.29. The van der Waals surface area contributed by atoms with Crippen molar-refractivity contribution in [2.24, 2.45) is 0 Å². The predicted molar refractivity (Wildman–Crippen MR) is 159 cm³/mol. The molecule has 0 saturated heterocycles. The summed E-state index contributed by atoms with van der Waals surface area (Å²) in [5, 5.41) is 6.89. The van der Waals surface area contributed by atoms with Gasteiger partial charge >= 0.3 is 0 Å². The number of hydrogen-bond acceptors (Lipinski definition) is 3. The van der Waals surface area contributed by atoms with Crippen LogP contribution in [0.15, 0.2) is 140 Å². The Morgan fingerprint density at radius 3 is 1.76 bits per heavy atom. The topological polar surface area (TPSA) is 42.9 Å². The number of nitrogens with zero attached hydrogens (tertiary/aromatic N) is 2. The Labute approximate surface area is 220 Å². The minimum absolute atomic E-state index is 0.794. The first kappa shape index (κ1) is 22.6. The van der Waals surface area contributed by atoms with E-state index in [9.17, 15) is 4.57 Å². The molecule has 0 radical (unpaired) electrons. The molecule has 180 valence electrons. The third-order valence-electron chi connectivity index (χ3n) is 7.17. The summed E-state index contributed by atoms with van der Waals surface area (Å²) < 4.78 is 14.8. The fourth-order valence-electron chi connectivity index (χ4n) is 5.33. The van der Waals surface area contributed by atoms with Crippen molar-refractivity contribution in [3.63, 3.8) is 0 Å². The van der Waals surface area contributed by atoms with Crippen molar-refractivity contribution in [2.45, 2.75) is 0 Å². The maximum absolute atomic E-state index is 14.8. The number of fused-ring (bicyclic) bond motifs is 5. The van der Waals surface area contributed by atoms with Crippen LogP contribution in [-0.2, 0) is 4.57 Å². The van der Waals surface area contributed by atoms with Crippen molar-refractivity contribution in [1.29, 1.82) is 0 Å². The lowest BCUT2D eigenvalue weighted by atomic mass is 9.99. The summed E-state index contributed by atoms with van der Waals surface area (Å²) in [6.45, 7) is 0. The SMILES string of the molecule is O=P(c1ccccc1)(c1ccccc1)c1ccc(-c2nc3ccccc3c3c2ncc2ccccc23)cc1. The molecular weight excluding hydrogens is 483 g/mol. The van der Waals surface area contributed by atoms with Crippen LogP contribution in [0, 0.1) is 0 Å². The van der Waals surface area contributed by atoms with E-state index in [1.807, 2.05) is 115 Å². The van der Waals surface area contributed by atoms with Gasteiger partial charge in [-0.1, -0.05) is 127 Å². The summed E-state index contributed by atoms with van der Waals surface area (Å²) in [5.41, 5.74) is 3.56. The molecule has 0 bridgehead atoms. The van der Waals surface area contributed by atoms with Gasteiger partial charge in [0.15, 0.2) is 7.14 Å². The van der Waals surface area contributed by atoms with Crippen molar-refractivity contribution < 1.29 is 4.57 Å². The van der Waals surface area contributed by atoms with Crippen LogP contribution in [0.4, 0.5) is 0 Å². The van der Waals surface area contributed by atoms with E-state index in [1.165, 1.54) is 0 Å². The van der Waals surface area contributed by atoms with Crippen molar-refractivity contribution in [3.8, 4) is 11.3 Å². The smallest absolute Gasteiger partial charge is 0.171 e. The molecule has 4 heteroatoms. The molecule has 0 aliphatic heterocycles. The Kier molecular flexibility index (Phi) is 5.39. The molecule has 7 rings (SSSR count). The van der Waals surface area contributed by atoms with E-state index in [1.54, 1.807) is 0 Å². The van der Waals surface area contributed by atoms with Gasteiger partial charge in [-0.05, 0) is 11.5 Å². The zero-order valence-electron chi connectivity index (χ0n) is 20.5. The average Bonchev–Trinajstić information content (AvgIpc) is 3.01. The van der Waals surface area contributed by atoms with Crippen LogP contribution in [-0.4, -0.2) is 9.97 Å². The van der Waals surface area contributed by atoms with Gasteiger partial charge in [0.1, 0.15) is 0 Å². The standard InChI is InChI=1S/C34H23N2OP/c37-38(26-12-3-1-4-13-26,27-14-5-2-6-15-27)28-21-19-24(20-22-28)33-34-32(30-17-9-10-18-31(30)36-33)29-16-8-7-11-25(29)23-35-34/h1-23H. The second-order valence-electron chi connectivity index (χ2n) is 9.37. The van der Waals surface area contributed by atoms with Gasteiger partial charge in [-0.15, -0.1) is 0 Å². The lowest BCUT2D eigenvalue weighted by Crippen LogP contribution is -2.24. The van der Waals surface area contributed by atoms with Gasteiger partial charge < -0.3 is 4.57 Å². The molecule has 0 spiro atoms. The predicted octanol–water partition coefficient (Wildman–Crippen LogP) is 7.24. The van der Waals surface area contributed by atoms with Gasteiger partial charge in [0.05, 0.1) is 16.7 Å². The second-order valence-corrected chi connectivity index (χ2v) is 12.1. The fourth-order valence-corrected chi connectivity index (χ4v) is 7.97. The van der Waals surface area contributed by atoms with Crippen LogP contribution in [0.25, 0.3) is 43.8 Å². The van der Waals surface area contributed by atoms with E-state index < -0.39 is 7.14 Å². The van der Waals surface area contributed by atoms with Crippen molar-refractivity contribution >= 4 is 55.6 Å². The van der Waals surface area contributed by atoms with E-state index >= 15 is 0 Å². The molecule has 7 aromatic rings. The molecule has 0 aliphatic carbocycles. The maximum Gasteiger partial charge on any atom is 0.171 e. The summed E-state index contributed by atoms with van der Waals surface area (Å²) in [6, 6.07) is 44.1. The number of aromatic nitrogens is 2. The summed E-state index contributed by atoms with van der Waals surface area (Å²) in [5.74, 6) is 0. The first-order chi connectivity index (χ1) is 18.7. The lowest BCUT2D eigenvalue weighted by Gasteiger charge is -2.20. The second kappa shape index (κ2) is 9.06. The molecule has 2 aromatic heterocycles. The van der Waals surface area contributed by atoms with Gasteiger partial charge in [0, 0.05) is 43.8 Å². The van der Waals surface area contributed by atoms with Crippen molar-refractivity contribution in [2.75, 3.05) is 0 Å². The monoisotopic (exact) mass is 506 g/mol. The number of hydrogen-bond donors (Lipinski definition) is 0. The lowest BCUT2D eigenvalue weighted by molar-refractivity contribution is 0.592. The molecule has 38 heavy (non-hydrogen) atoms. The van der Waals surface area contributed by atoms with E-state index in [0.717, 1.165) is 59.7 Å². The molecule has 0 atom stereocenters. The molecule has 0 saturated carbocycles. The van der Waals surface area contributed by atoms with Gasteiger partial charge in [-0.2, -0.15) is 0 Å². The van der Waals surface area contributed by atoms with E-state index in [-0.39, 0.29) is 0 Å². The average molecular weight is 507 g/mol. The Bertz CT molecular complexity index is 1930. The van der Waals surface area contributed by atoms with Crippen molar-refractivity contribution in [3.05, 3.63) is 140 Å². The minimum atomic E-state index is -3.04. The Balaban J connectivity index is 1.45. The number of benzene rings is 5. The molecule has 0 aliphatic rings. The molecule has 2 heterocycles. The first-order valence-corrected chi connectivity index (χ1v) is 14.3. The van der Waals surface area contributed by atoms with E-state index in [0.29, 0.717) is 0 Å². The third kappa shape index (κ3) is 3.55. The Morgan fingerprint density at radius 2 is 1.08 bits per heavy atom. The zero-order valence-corrected chi connectivity index (χ0v) is 21.4. The van der Waals surface area contributed by atoms with Crippen LogP contribution in [0.1, 0.15) is 0 Å². The first-order valence-electron chi connectivity index (χ1n) is 12.6. The van der Waals surface area contributed by atoms with Crippen LogP contribution < -0.4 is 15.9 Å². The molecule has 0 fully saturated rings. The highest BCUT2D eigenvalue weighted by molar-refractivity contribution is 7.85. The quantitative estimate of drug-likeness (QED) is 0.187. The molecule has 0 unspecified atom stereocenters. The number of para-hydroxylation sites is 1. The van der Waals surface area contributed by atoms with Gasteiger partial charge in [0.2, 0.25) is 0 Å². The van der Waals surface area contributed by atoms with Gasteiger partial charge in [0.25, 0.3) is 0 Å². The molecule has 3 nitrogen and oxygen atoms in total. The van der Waals surface area contributed by atoms with Crippen LogP contribution in [0.2, 0.25) is 0 Å². The Hall–Kier alpha value is -4.59. The highest BCUT2D eigenvalue weighted by Crippen LogP contribution is 2.43. The highest BCUT2D eigenvalue weighted by atomic mass is 31.2. The molecule has 0 amide bonds. The maximum atomic E-state index is 14.8. The van der Waals surface area contributed by atoms with E-state index in [2.05, 4.69) is 24.3 Å².